The molecule has 1 saturated heterocycles. The molecule has 1 fully saturated rings. The summed E-state index contributed by atoms with van der Waals surface area (Å²) >= 11 is 6.40. The lowest BCUT2D eigenvalue weighted by Gasteiger charge is -2.39. The number of H-pyrrole nitrogens is 1. The SMILES string of the molecule is CCc1nn(Cc2cnc[nH]2)c2cc(OC)c(OC)c(N3CCN(c4cccc(Cl)c4C)CC3)c12. The molecule has 2 aromatic carbocycles. The Labute approximate surface area is 210 Å². The summed E-state index contributed by atoms with van der Waals surface area (Å²) in [6, 6.07) is 8.15. The van der Waals surface area contributed by atoms with Crippen LogP contribution in [0.4, 0.5) is 11.4 Å². The summed E-state index contributed by atoms with van der Waals surface area (Å²) < 4.78 is 13.8. The molecular formula is C26H31ClN6O2. The molecular weight excluding hydrogens is 464 g/mol. The Morgan fingerprint density at radius 2 is 1.86 bits per heavy atom. The van der Waals surface area contributed by atoms with Crippen LogP contribution in [-0.2, 0) is 13.0 Å². The molecule has 2 aromatic heterocycles. The molecule has 0 atom stereocenters. The second-order valence-electron chi connectivity index (χ2n) is 8.75. The van der Waals surface area contributed by atoms with Crippen LogP contribution in [0, 0.1) is 6.92 Å². The maximum absolute atomic E-state index is 6.40. The van der Waals surface area contributed by atoms with Crippen LogP contribution in [0.25, 0.3) is 10.9 Å². The number of nitrogens with zero attached hydrogens (tertiary/aromatic N) is 5. The van der Waals surface area contributed by atoms with E-state index in [2.05, 4.69) is 39.7 Å². The standard InChI is InChI=1S/C26H31ClN6O2/c1-5-20-24-22(33(30-20)15-18-14-28-16-29-18)13-23(34-3)26(35-4)25(24)32-11-9-31(10-12-32)21-8-6-7-19(27)17(21)2/h6-8,13-14,16H,5,9-12,15H2,1-4H3,(H,28,29). The monoisotopic (exact) mass is 494 g/mol. The lowest BCUT2D eigenvalue weighted by molar-refractivity contribution is 0.355. The van der Waals surface area contributed by atoms with Crippen LogP contribution in [0.1, 0.15) is 23.9 Å². The van der Waals surface area contributed by atoms with Gasteiger partial charge in [0.2, 0.25) is 0 Å². The van der Waals surface area contributed by atoms with Crippen molar-refractivity contribution < 1.29 is 9.47 Å². The zero-order valence-corrected chi connectivity index (χ0v) is 21.4. The summed E-state index contributed by atoms with van der Waals surface area (Å²) in [6.45, 7) is 8.29. The number of imidazole rings is 1. The van der Waals surface area contributed by atoms with Crippen molar-refractivity contribution in [1.29, 1.82) is 0 Å². The quantitative estimate of drug-likeness (QED) is 0.402. The number of aryl methyl sites for hydroxylation is 1. The van der Waals surface area contributed by atoms with Gasteiger partial charge in [-0.25, -0.2) is 4.98 Å². The summed E-state index contributed by atoms with van der Waals surface area (Å²) in [4.78, 5) is 12.2. The molecule has 9 heteroatoms. The molecule has 1 N–H and O–H groups in total. The number of benzene rings is 2. The van der Waals surface area contributed by atoms with Crippen LogP contribution in [0.2, 0.25) is 5.02 Å². The predicted octanol–water partition coefficient (Wildman–Crippen LogP) is 4.68. The average Bonchev–Trinajstić information content (AvgIpc) is 3.52. The van der Waals surface area contributed by atoms with Gasteiger partial charge in [0.25, 0.3) is 0 Å². The van der Waals surface area contributed by atoms with E-state index in [0.29, 0.717) is 12.3 Å². The molecule has 5 rings (SSSR count). The van der Waals surface area contributed by atoms with Crippen molar-refractivity contribution in [2.75, 3.05) is 50.2 Å². The van der Waals surface area contributed by atoms with Gasteiger partial charge in [-0.2, -0.15) is 5.10 Å². The van der Waals surface area contributed by atoms with E-state index in [-0.39, 0.29) is 0 Å². The second-order valence-corrected chi connectivity index (χ2v) is 9.15. The molecule has 0 spiro atoms. The number of ether oxygens (including phenoxy) is 2. The summed E-state index contributed by atoms with van der Waals surface area (Å²) in [5.74, 6) is 1.46. The summed E-state index contributed by atoms with van der Waals surface area (Å²) in [5, 5.41) is 6.91. The minimum absolute atomic E-state index is 0.604. The van der Waals surface area contributed by atoms with Crippen molar-refractivity contribution in [3.63, 3.8) is 0 Å². The van der Waals surface area contributed by atoms with Gasteiger partial charge in [-0.1, -0.05) is 24.6 Å². The molecule has 0 amide bonds. The van der Waals surface area contributed by atoms with E-state index in [0.717, 1.165) is 76.9 Å². The van der Waals surface area contributed by atoms with Crippen LogP contribution < -0.4 is 19.3 Å². The summed E-state index contributed by atoms with van der Waals surface area (Å²) in [5.41, 5.74) is 6.44. The summed E-state index contributed by atoms with van der Waals surface area (Å²) in [7, 11) is 3.39. The average molecular weight is 495 g/mol. The van der Waals surface area contributed by atoms with Gasteiger partial charge in [0.1, 0.15) is 0 Å². The number of aromatic amines is 1. The fourth-order valence-electron chi connectivity index (χ4n) is 5.01. The lowest BCUT2D eigenvalue weighted by Crippen LogP contribution is -2.47. The van der Waals surface area contributed by atoms with E-state index < -0.39 is 0 Å². The van der Waals surface area contributed by atoms with Crippen LogP contribution in [0.3, 0.4) is 0 Å². The van der Waals surface area contributed by atoms with Crippen LogP contribution in [-0.4, -0.2) is 60.1 Å². The van der Waals surface area contributed by atoms with Crippen molar-refractivity contribution in [1.82, 2.24) is 19.7 Å². The van der Waals surface area contributed by atoms with Crippen molar-refractivity contribution in [2.45, 2.75) is 26.8 Å². The first kappa shape index (κ1) is 23.4. The number of fused-ring (bicyclic) bond motifs is 1. The highest BCUT2D eigenvalue weighted by Gasteiger charge is 2.28. The zero-order valence-electron chi connectivity index (χ0n) is 20.6. The number of aromatic nitrogens is 4. The molecule has 1 aliphatic rings. The minimum Gasteiger partial charge on any atom is -0.493 e. The Balaban J connectivity index is 1.56. The van der Waals surface area contributed by atoms with Crippen molar-refractivity contribution in [3.05, 3.63) is 58.8 Å². The Morgan fingerprint density at radius 3 is 2.51 bits per heavy atom. The van der Waals surface area contributed by atoms with Crippen molar-refractivity contribution in [2.24, 2.45) is 0 Å². The number of nitrogens with one attached hydrogen (secondary N) is 1. The lowest BCUT2D eigenvalue weighted by atomic mass is 10.1. The molecule has 4 aromatic rings. The fourth-order valence-corrected chi connectivity index (χ4v) is 5.18. The molecule has 0 radical (unpaired) electrons. The van der Waals surface area contributed by atoms with E-state index in [1.54, 1.807) is 20.5 Å². The van der Waals surface area contributed by atoms with E-state index in [4.69, 9.17) is 26.2 Å². The molecule has 0 saturated carbocycles. The first-order chi connectivity index (χ1) is 17.0. The number of halogens is 1. The Morgan fingerprint density at radius 1 is 1.09 bits per heavy atom. The van der Waals surface area contributed by atoms with E-state index in [1.807, 2.05) is 29.1 Å². The van der Waals surface area contributed by atoms with Gasteiger partial charge in [-0.3, -0.25) is 4.68 Å². The van der Waals surface area contributed by atoms with Crippen LogP contribution in [0.5, 0.6) is 11.5 Å². The highest BCUT2D eigenvalue weighted by molar-refractivity contribution is 6.31. The Bertz CT molecular complexity index is 1330. The van der Waals surface area contributed by atoms with Gasteiger partial charge >= 0.3 is 0 Å². The smallest absolute Gasteiger partial charge is 0.185 e. The highest BCUT2D eigenvalue weighted by Crippen LogP contribution is 2.46. The maximum Gasteiger partial charge on any atom is 0.185 e. The van der Waals surface area contributed by atoms with Crippen LogP contribution >= 0.6 is 11.6 Å². The number of piperazine rings is 1. The maximum atomic E-state index is 6.40. The van der Waals surface area contributed by atoms with Crippen molar-refractivity contribution in [3.8, 4) is 11.5 Å². The molecule has 35 heavy (non-hydrogen) atoms. The minimum atomic E-state index is 0.604. The van der Waals surface area contributed by atoms with Gasteiger partial charge in [-0.15, -0.1) is 0 Å². The third-order valence-corrected chi connectivity index (χ3v) is 7.23. The molecule has 0 bridgehead atoms. The van der Waals surface area contributed by atoms with Gasteiger partial charge in [-0.05, 0) is 31.0 Å². The Hall–Kier alpha value is -3.39. The van der Waals surface area contributed by atoms with Gasteiger partial charge in [0.15, 0.2) is 11.5 Å². The molecule has 0 unspecified atom stereocenters. The largest absolute Gasteiger partial charge is 0.493 e. The predicted molar refractivity (Wildman–Crippen MR) is 141 cm³/mol. The number of methoxy groups -OCH3 is 2. The van der Waals surface area contributed by atoms with E-state index >= 15 is 0 Å². The number of rotatable bonds is 7. The second kappa shape index (κ2) is 9.70. The summed E-state index contributed by atoms with van der Waals surface area (Å²) in [6.07, 6.45) is 4.34. The highest BCUT2D eigenvalue weighted by atomic mass is 35.5. The number of hydrogen-bond donors (Lipinski definition) is 1. The first-order valence-corrected chi connectivity index (χ1v) is 12.3. The van der Waals surface area contributed by atoms with E-state index in [1.165, 1.54) is 5.69 Å². The van der Waals surface area contributed by atoms with Gasteiger partial charge in [0, 0.05) is 49.2 Å². The number of anilines is 2. The van der Waals surface area contributed by atoms with Gasteiger partial charge < -0.3 is 24.3 Å². The van der Waals surface area contributed by atoms with Gasteiger partial charge in [0.05, 0.1) is 55.1 Å². The number of hydrogen-bond acceptors (Lipinski definition) is 6. The first-order valence-electron chi connectivity index (χ1n) is 11.9. The normalized spacial score (nSPS) is 14.1. The fraction of sp³-hybridized carbons (Fsp3) is 0.385. The van der Waals surface area contributed by atoms with E-state index in [9.17, 15) is 0 Å². The molecule has 8 nitrogen and oxygen atoms in total. The van der Waals surface area contributed by atoms with Crippen LogP contribution in [0.15, 0.2) is 36.8 Å². The topological polar surface area (TPSA) is 71.4 Å². The molecule has 184 valence electrons. The van der Waals surface area contributed by atoms with Crippen molar-refractivity contribution >= 4 is 33.9 Å². The molecule has 3 heterocycles. The third kappa shape index (κ3) is 4.16. The molecule has 0 aliphatic carbocycles. The molecule has 1 aliphatic heterocycles. The third-order valence-electron chi connectivity index (χ3n) is 6.82. The Kier molecular flexibility index (Phi) is 6.47. The zero-order chi connectivity index (χ0) is 24.5.